The number of amides is 1. The maximum Gasteiger partial charge on any atom is 0.326 e. The largest absolute Gasteiger partial charge is 0.492 e. The van der Waals surface area contributed by atoms with Gasteiger partial charge in [-0.15, -0.1) is 0 Å². The third-order valence-electron chi connectivity index (χ3n) is 3.95. The summed E-state index contributed by atoms with van der Waals surface area (Å²) in [5.41, 5.74) is 3.04. The van der Waals surface area contributed by atoms with E-state index in [1.54, 1.807) is 13.8 Å². The molecular weight excluding hydrogens is 270 g/mol. The zero-order valence-electron chi connectivity index (χ0n) is 12.8. The second-order valence-electron chi connectivity index (χ2n) is 5.91. The van der Waals surface area contributed by atoms with Crippen molar-refractivity contribution in [3.63, 3.8) is 0 Å². The first-order valence-electron chi connectivity index (χ1n) is 7.08. The molecule has 0 aromatic heterocycles. The highest BCUT2D eigenvalue weighted by Gasteiger charge is 2.34. The quantitative estimate of drug-likeness (QED) is 0.889. The topological polar surface area (TPSA) is 75.6 Å². The number of fused-ring (bicyclic) bond motifs is 1. The lowest BCUT2D eigenvalue weighted by Gasteiger charge is -2.20. The van der Waals surface area contributed by atoms with Crippen LogP contribution in [0.25, 0.3) is 0 Å². The van der Waals surface area contributed by atoms with Crippen LogP contribution >= 0.6 is 0 Å². The molecule has 1 aromatic carbocycles. The number of aliphatic carboxylic acids is 1. The summed E-state index contributed by atoms with van der Waals surface area (Å²) in [6.07, 6.45) is 0. The fraction of sp³-hybridized carbons (Fsp3) is 0.500. The Morgan fingerprint density at radius 2 is 1.90 bits per heavy atom. The lowest BCUT2D eigenvalue weighted by molar-refractivity contribution is -0.143. The Labute approximate surface area is 124 Å². The summed E-state index contributed by atoms with van der Waals surface area (Å²) in [5, 5.41) is 11.8. The van der Waals surface area contributed by atoms with Crippen LogP contribution in [-0.2, 0) is 9.59 Å². The monoisotopic (exact) mass is 291 g/mol. The molecule has 0 aliphatic carbocycles. The second kappa shape index (κ2) is 5.76. The molecular formula is C16H21NO4. The molecule has 1 heterocycles. The number of nitrogens with one attached hydrogen (secondary N) is 1. The van der Waals surface area contributed by atoms with Gasteiger partial charge in [-0.05, 0) is 37.0 Å². The Morgan fingerprint density at radius 3 is 2.48 bits per heavy atom. The minimum Gasteiger partial charge on any atom is -0.492 e. The first-order chi connectivity index (χ1) is 9.81. The Balaban J connectivity index is 2.20. The summed E-state index contributed by atoms with van der Waals surface area (Å²) in [6, 6.07) is 3.00. The van der Waals surface area contributed by atoms with E-state index in [9.17, 15) is 9.59 Å². The van der Waals surface area contributed by atoms with Crippen molar-refractivity contribution in [1.82, 2.24) is 5.32 Å². The maximum atomic E-state index is 12.4. The van der Waals surface area contributed by atoms with Gasteiger partial charge >= 0.3 is 5.97 Å². The molecule has 2 rings (SSSR count). The van der Waals surface area contributed by atoms with Crippen LogP contribution in [0.5, 0.6) is 5.75 Å². The normalized spacial score (nSPS) is 18.0. The van der Waals surface area contributed by atoms with E-state index >= 15 is 0 Å². The zero-order chi connectivity index (χ0) is 15.7. The number of carbonyl (C=O) groups is 2. The molecule has 0 fully saturated rings. The standard InChI is InChI=1S/C16H21NO4/c1-8(2)14(16(19)20)17-15(18)12-7-21-13-6-10(4)9(3)5-11(12)13/h5-6,8,12,14H,7H2,1-4H3,(H,17,18)(H,19,20)/t12?,14-/m0/s1. The van der Waals surface area contributed by atoms with E-state index in [0.29, 0.717) is 0 Å². The van der Waals surface area contributed by atoms with E-state index in [4.69, 9.17) is 9.84 Å². The van der Waals surface area contributed by atoms with Crippen LogP contribution in [0.2, 0.25) is 0 Å². The summed E-state index contributed by atoms with van der Waals surface area (Å²) in [7, 11) is 0. The first kappa shape index (κ1) is 15.4. The third-order valence-corrected chi connectivity index (χ3v) is 3.95. The lowest BCUT2D eigenvalue weighted by atomic mass is 9.95. The Morgan fingerprint density at radius 1 is 1.29 bits per heavy atom. The van der Waals surface area contributed by atoms with Gasteiger partial charge in [0.15, 0.2) is 0 Å². The van der Waals surface area contributed by atoms with Crippen LogP contribution in [0.15, 0.2) is 12.1 Å². The molecule has 2 atom stereocenters. The number of hydrogen-bond donors (Lipinski definition) is 2. The summed E-state index contributed by atoms with van der Waals surface area (Å²) in [6.45, 7) is 7.77. The van der Waals surface area contributed by atoms with E-state index in [-0.39, 0.29) is 18.4 Å². The molecule has 114 valence electrons. The molecule has 5 nitrogen and oxygen atoms in total. The molecule has 1 aliphatic heterocycles. The SMILES string of the molecule is Cc1cc2c(cc1C)C(C(=O)N[C@H](C(=O)O)C(C)C)CO2. The predicted molar refractivity (Wildman–Crippen MR) is 78.6 cm³/mol. The van der Waals surface area contributed by atoms with Crippen LogP contribution in [0.3, 0.4) is 0 Å². The number of hydrogen-bond acceptors (Lipinski definition) is 3. The van der Waals surface area contributed by atoms with Gasteiger partial charge in [0.05, 0.1) is 0 Å². The number of rotatable bonds is 4. The van der Waals surface area contributed by atoms with Crippen molar-refractivity contribution in [1.29, 1.82) is 0 Å². The molecule has 0 saturated carbocycles. The highest BCUT2D eigenvalue weighted by Crippen LogP contribution is 2.36. The van der Waals surface area contributed by atoms with Gasteiger partial charge in [0.2, 0.25) is 5.91 Å². The van der Waals surface area contributed by atoms with E-state index in [0.717, 1.165) is 22.4 Å². The molecule has 0 radical (unpaired) electrons. The third kappa shape index (κ3) is 3.01. The Kier molecular flexibility index (Phi) is 4.21. The maximum absolute atomic E-state index is 12.4. The van der Waals surface area contributed by atoms with Crippen molar-refractivity contribution in [3.05, 3.63) is 28.8 Å². The average Bonchev–Trinajstić information content (AvgIpc) is 2.78. The van der Waals surface area contributed by atoms with Gasteiger partial charge < -0.3 is 15.2 Å². The summed E-state index contributed by atoms with van der Waals surface area (Å²) >= 11 is 0. The molecule has 1 amide bonds. The smallest absolute Gasteiger partial charge is 0.326 e. The first-order valence-corrected chi connectivity index (χ1v) is 7.08. The Bertz CT molecular complexity index is 580. The van der Waals surface area contributed by atoms with Gasteiger partial charge in [0, 0.05) is 5.56 Å². The highest BCUT2D eigenvalue weighted by molar-refractivity contribution is 5.89. The van der Waals surface area contributed by atoms with Crippen molar-refractivity contribution < 1.29 is 19.4 Å². The lowest BCUT2D eigenvalue weighted by Crippen LogP contribution is -2.46. The molecule has 2 N–H and O–H groups in total. The summed E-state index contributed by atoms with van der Waals surface area (Å²) in [5.74, 6) is -1.21. The number of carboxylic acids is 1. The van der Waals surface area contributed by atoms with Crippen LogP contribution in [-0.4, -0.2) is 29.6 Å². The summed E-state index contributed by atoms with van der Waals surface area (Å²) < 4.78 is 5.56. The van der Waals surface area contributed by atoms with Crippen LogP contribution in [0.1, 0.15) is 36.5 Å². The van der Waals surface area contributed by atoms with E-state index in [1.165, 1.54) is 0 Å². The molecule has 5 heteroatoms. The number of benzene rings is 1. The minimum atomic E-state index is -1.02. The van der Waals surface area contributed by atoms with Crippen molar-refractivity contribution in [3.8, 4) is 5.75 Å². The zero-order valence-corrected chi connectivity index (χ0v) is 12.8. The molecule has 0 spiro atoms. The average molecular weight is 291 g/mol. The van der Waals surface area contributed by atoms with Gasteiger partial charge in [-0.25, -0.2) is 4.79 Å². The van der Waals surface area contributed by atoms with Crippen molar-refractivity contribution in [2.45, 2.75) is 39.7 Å². The number of aryl methyl sites for hydroxylation is 2. The second-order valence-corrected chi connectivity index (χ2v) is 5.91. The molecule has 1 aliphatic rings. The van der Waals surface area contributed by atoms with Crippen LogP contribution in [0, 0.1) is 19.8 Å². The van der Waals surface area contributed by atoms with Crippen molar-refractivity contribution in [2.24, 2.45) is 5.92 Å². The molecule has 0 bridgehead atoms. The number of ether oxygens (including phenoxy) is 1. The van der Waals surface area contributed by atoms with Crippen LogP contribution < -0.4 is 10.1 Å². The predicted octanol–water partition coefficient (Wildman–Crippen LogP) is 2.00. The van der Waals surface area contributed by atoms with E-state index in [2.05, 4.69) is 5.32 Å². The molecule has 1 unspecified atom stereocenters. The van der Waals surface area contributed by atoms with Gasteiger partial charge in [-0.1, -0.05) is 19.9 Å². The van der Waals surface area contributed by atoms with E-state index < -0.39 is 17.9 Å². The van der Waals surface area contributed by atoms with E-state index in [1.807, 2.05) is 26.0 Å². The molecule has 0 saturated heterocycles. The highest BCUT2D eigenvalue weighted by atomic mass is 16.5. The Hall–Kier alpha value is -2.04. The fourth-order valence-corrected chi connectivity index (χ4v) is 2.46. The van der Waals surface area contributed by atoms with Crippen molar-refractivity contribution in [2.75, 3.05) is 6.61 Å². The van der Waals surface area contributed by atoms with Gasteiger partial charge in [0.1, 0.15) is 24.3 Å². The van der Waals surface area contributed by atoms with Crippen LogP contribution in [0.4, 0.5) is 0 Å². The van der Waals surface area contributed by atoms with Gasteiger partial charge in [0.25, 0.3) is 0 Å². The fourth-order valence-electron chi connectivity index (χ4n) is 2.46. The number of carbonyl (C=O) groups excluding carboxylic acids is 1. The minimum absolute atomic E-state index is 0.173. The van der Waals surface area contributed by atoms with Gasteiger partial charge in [-0.3, -0.25) is 4.79 Å². The molecule has 1 aromatic rings. The van der Waals surface area contributed by atoms with Crippen molar-refractivity contribution >= 4 is 11.9 Å². The molecule has 21 heavy (non-hydrogen) atoms. The number of carboxylic acid groups (broad SMARTS) is 1. The van der Waals surface area contributed by atoms with Gasteiger partial charge in [-0.2, -0.15) is 0 Å². The summed E-state index contributed by atoms with van der Waals surface area (Å²) in [4.78, 5) is 23.6.